The van der Waals surface area contributed by atoms with Gasteiger partial charge in [0.15, 0.2) is 5.65 Å². The molecular weight excluding hydrogens is 414 g/mol. The molecule has 0 unspecified atom stereocenters. The van der Waals surface area contributed by atoms with Gasteiger partial charge < -0.3 is 14.9 Å². The molecule has 170 valence electrons. The molecule has 0 aliphatic carbocycles. The average molecular weight is 444 g/mol. The van der Waals surface area contributed by atoms with Gasteiger partial charge in [0.25, 0.3) is 0 Å². The zero-order chi connectivity index (χ0) is 22.7. The molecule has 0 saturated carbocycles. The summed E-state index contributed by atoms with van der Waals surface area (Å²) in [6, 6.07) is 8.65. The fraction of sp³-hybridized carbons (Fsp3) is 0.440. The largest absolute Gasteiger partial charge is 0.389 e. The van der Waals surface area contributed by atoms with E-state index in [1.807, 2.05) is 17.6 Å². The highest BCUT2D eigenvalue weighted by atomic mass is 16.3. The van der Waals surface area contributed by atoms with Gasteiger partial charge in [0.2, 0.25) is 0 Å². The minimum absolute atomic E-state index is 0.146. The highest BCUT2D eigenvalue weighted by Gasteiger charge is 2.30. The van der Waals surface area contributed by atoms with E-state index >= 15 is 0 Å². The van der Waals surface area contributed by atoms with Gasteiger partial charge in [-0.2, -0.15) is 5.10 Å². The van der Waals surface area contributed by atoms with Gasteiger partial charge in [0.05, 0.1) is 23.4 Å². The number of hydrogen-bond acceptors (Lipinski definition) is 7. The smallest absolute Gasteiger partial charge is 0.157 e. The molecule has 0 bridgehead atoms. The van der Waals surface area contributed by atoms with Crippen LogP contribution in [0.5, 0.6) is 0 Å². The molecule has 2 aliphatic rings. The van der Waals surface area contributed by atoms with Gasteiger partial charge in [-0.25, -0.2) is 19.5 Å². The minimum atomic E-state index is -0.256. The van der Waals surface area contributed by atoms with Crippen molar-refractivity contribution in [1.82, 2.24) is 24.6 Å². The van der Waals surface area contributed by atoms with E-state index in [1.165, 1.54) is 12.0 Å². The maximum Gasteiger partial charge on any atom is 0.157 e. The van der Waals surface area contributed by atoms with Gasteiger partial charge in [0.1, 0.15) is 17.5 Å². The Labute approximate surface area is 192 Å². The summed E-state index contributed by atoms with van der Waals surface area (Å²) in [6.45, 7) is 8.36. The van der Waals surface area contributed by atoms with Crippen LogP contribution in [0.4, 0.5) is 11.6 Å². The molecule has 8 heteroatoms. The number of aliphatic hydroxyl groups excluding tert-OH is 1. The molecule has 2 saturated heterocycles. The fourth-order valence-corrected chi connectivity index (χ4v) is 5.18. The van der Waals surface area contributed by atoms with E-state index in [9.17, 15) is 5.11 Å². The third kappa shape index (κ3) is 3.49. The summed E-state index contributed by atoms with van der Waals surface area (Å²) in [7, 11) is 0. The molecule has 4 aromatic rings. The first-order chi connectivity index (χ1) is 16.0. The number of aliphatic hydroxyl groups is 1. The van der Waals surface area contributed by atoms with Crippen molar-refractivity contribution in [2.45, 2.75) is 52.2 Å². The normalized spacial score (nSPS) is 19.5. The number of hydrogen-bond donors (Lipinski definition) is 1. The van der Waals surface area contributed by atoms with Gasteiger partial charge in [-0.3, -0.25) is 0 Å². The Hall–Kier alpha value is -3.26. The van der Waals surface area contributed by atoms with E-state index in [2.05, 4.69) is 52.9 Å². The van der Waals surface area contributed by atoms with Gasteiger partial charge >= 0.3 is 0 Å². The second kappa shape index (κ2) is 7.66. The van der Waals surface area contributed by atoms with E-state index in [0.29, 0.717) is 13.1 Å². The fourth-order valence-electron chi connectivity index (χ4n) is 5.18. The lowest BCUT2D eigenvalue weighted by molar-refractivity contribution is 0.141. The second-order valence-electron chi connectivity index (χ2n) is 9.50. The Kier molecular flexibility index (Phi) is 4.72. The maximum atomic E-state index is 9.70. The van der Waals surface area contributed by atoms with E-state index in [4.69, 9.17) is 15.1 Å². The number of rotatable bonds is 3. The number of piperidine rings is 1. The Morgan fingerprint density at radius 3 is 2.64 bits per heavy atom. The molecule has 6 rings (SSSR count). The molecule has 8 nitrogen and oxygen atoms in total. The predicted molar refractivity (Wildman–Crippen MR) is 129 cm³/mol. The van der Waals surface area contributed by atoms with Crippen LogP contribution in [0.25, 0.3) is 16.6 Å². The van der Waals surface area contributed by atoms with Crippen LogP contribution >= 0.6 is 0 Å². The predicted octanol–water partition coefficient (Wildman–Crippen LogP) is 3.51. The van der Waals surface area contributed by atoms with Crippen LogP contribution in [0.15, 0.2) is 30.5 Å². The molecule has 1 N–H and O–H groups in total. The number of aromatic nitrogens is 5. The number of benzene rings is 1. The van der Waals surface area contributed by atoms with E-state index < -0.39 is 0 Å². The Bertz CT molecular complexity index is 1360. The van der Waals surface area contributed by atoms with Crippen molar-refractivity contribution in [3.8, 4) is 0 Å². The molecule has 2 aliphatic heterocycles. The van der Waals surface area contributed by atoms with Crippen molar-refractivity contribution in [2.24, 2.45) is 0 Å². The number of aryl methyl sites for hydroxylation is 3. The number of fused-ring (bicyclic) bond motifs is 2. The summed E-state index contributed by atoms with van der Waals surface area (Å²) < 4.78 is 1.89. The summed E-state index contributed by atoms with van der Waals surface area (Å²) in [5.41, 5.74) is 5.14. The van der Waals surface area contributed by atoms with Crippen molar-refractivity contribution in [2.75, 3.05) is 29.4 Å². The van der Waals surface area contributed by atoms with E-state index in [-0.39, 0.29) is 12.1 Å². The molecule has 3 aromatic heterocycles. The van der Waals surface area contributed by atoms with Gasteiger partial charge in [-0.15, -0.1) is 0 Å². The number of nitrogens with zero attached hydrogens (tertiary/aromatic N) is 7. The maximum absolute atomic E-state index is 9.70. The SMILES string of the molecule is Cc1ccc2nc(C)nc(N3CCCC[C@@H]3c3cc4nc(N5CC(O)C5)c(C)cn4n3)c2c1. The summed E-state index contributed by atoms with van der Waals surface area (Å²) in [5.74, 6) is 2.73. The quantitative estimate of drug-likeness (QED) is 0.519. The summed E-state index contributed by atoms with van der Waals surface area (Å²) in [4.78, 5) is 19.0. The highest BCUT2D eigenvalue weighted by Crippen LogP contribution is 2.37. The van der Waals surface area contributed by atoms with Crippen molar-refractivity contribution >= 4 is 28.2 Å². The van der Waals surface area contributed by atoms with Crippen LogP contribution in [0.3, 0.4) is 0 Å². The lowest BCUT2D eigenvalue weighted by Gasteiger charge is -2.37. The van der Waals surface area contributed by atoms with Crippen LogP contribution in [-0.2, 0) is 0 Å². The first-order valence-electron chi connectivity index (χ1n) is 11.8. The number of anilines is 2. The zero-order valence-corrected chi connectivity index (χ0v) is 19.4. The Morgan fingerprint density at radius 2 is 1.82 bits per heavy atom. The molecule has 0 spiro atoms. The average Bonchev–Trinajstić information content (AvgIpc) is 3.19. The highest BCUT2D eigenvalue weighted by molar-refractivity contribution is 5.90. The lowest BCUT2D eigenvalue weighted by atomic mass is 9.98. The summed E-state index contributed by atoms with van der Waals surface area (Å²) >= 11 is 0. The molecule has 1 atom stereocenters. The lowest BCUT2D eigenvalue weighted by Crippen LogP contribution is -2.51. The monoisotopic (exact) mass is 443 g/mol. The summed E-state index contributed by atoms with van der Waals surface area (Å²) in [6.07, 6.45) is 5.13. The standard InChI is InChI=1S/C25H29N7O/c1-15-7-8-20-19(10-15)25(27-17(3)26-20)31-9-5-4-6-22(31)21-11-23-28-24(30-13-18(33)14-30)16(2)12-32(23)29-21/h7-8,10-12,18,22,33H,4-6,9,13-14H2,1-3H3/t22-/m1/s1. The van der Waals surface area contributed by atoms with E-state index in [1.54, 1.807) is 0 Å². The number of β-amino-alcohol motifs (C(OH)–C–C–N with tert-alkyl or cyclic N) is 1. The second-order valence-corrected chi connectivity index (χ2v) is 9.50. The van der Waals surface area contributed by atoms with Crippen molar-refractivity contribution in [3.05, 3.63) is 53.1 Å². The molecule has 2 fully saturated rings. The molecule has 33 heavy (non-hydrogen) atoms. The topological polar surface area (TPSA) is 82.7 Å². The van der Waals surface area contributed by atoms with Crippen LogP contribution in [0, 0.1) is 20.8 Å². The molecular formula is C25H29N7O. The first kappa shape index (κ1) is 20.4. The Balaban J connectivity index is 1.42. The molecule has 0 radical (unpaired) electrons. The van der Waals surface area contributed by atoms with Gasteiger partial charge in [-0.05, 0) is 52.2 Å². The van der Waals surface area contributed by atoms with Gasteiger partial charge in [-0.1, -0.05) is 11.6 Å². The van der Waals surface area contributed by atoms with Crippen molar-refractivity contribution < 1.29 is 5.11 Å². The van der Waals surface area contributed by atoms with Crippen LogP contribution < -0.4 is 9.80 Å². The van der Waals surface area contributed by atoms with Crippen molar-refractivity contribution in [3.63, 3.8) is 0 Å². The molecule has 5 heterocycles. The van der Waals surface area contributed by atoms with Crippen molar-refractivity contribution in [1.29, 1.82) is 0 Å². The Morgan fingerprint density at radius 1 is 0.970 bits per heavy atom. The zero-order valence-electron chi connectivity index (χ0n) is 19.4. The van der Waals surface area contributed by atoms with Gasteiger partial charge in [0, 0.05) is 42.8 Å². The molecule has 1 aromatic carbocycles. The van der Waals surface area contributed by atoms with E-state index in [0.717, 1.165) is 64.7 Å². The van der Waals surface area contributed by atoms with Crippen LogP contribution in [0.2, 0.25) is 0 Å². The molecule has 0 amide bonds. The summed E-state index contributed by atoms with van der Waals surface area (Å²) in [5, 5.41) is 15.8. The third-order valence-electron chi connectivity index (χ3n) is 6.84. The minimum Gasteiger partial charge on any atom is -0.389 e. The van der Waals surface area contributed by atoms with Crippen LogP contribution in [0.1, 0.15) is 47.9 Å². The van der Waals surface area contributed by atoms with Crippen LogP contribution in [-0.4, -0.2) is 55.4 Å². The first-order valence-corrected chi connectivity index (χ1v) is 11.8. The third-order valence-corrected chi connectivity index (χ3v) is 6.84.